The Morgan fingerprint density at radius 2 is 1.81 bits per heavy atom. The van der Waals surface area contributed by atoms with Gasteiger partial charge >= 0.3 is 0 Å². The van der Waals surface area contributed by atoms with E-state index in [2.05, 4.69) is 0 Å². The van der Waals surface area contributed by atoms with E-state index in [9.17, 15) is 10.2 Å². The molecule has 2 unspecified atom stereocenters. The second-order valence-electron chi connectivity index (χ2n) is 7.11. The SMILES string of the molecule is COc1ccc(-c2ccc3c(c2)C(O)C(CO)(CCCC(O)O)C3)cc1. The maximum Gasteiger partial charge on any atom is 0.151 e. The van der Waals surface area contributed by atoms with E-state index in [1.807, 2.05) is 42.5 Å². The third-order valence-electron chi connectivity index (χ3n) is 5.44. The third-order valence-corrected chi connectivity index (χ3v) is 5.44. The molecule has 0 bridgehead atoms. The van der Waals surface area contributed by atoms with E-state index in [4.69, 9.17) is 14.9 Å². The van der Waals surface area contributed by atoms with Gasteiger partial charge in [0, 0.05) is 5.41 Å². The summed E-state index contributed by atoms with van der Waals surface area (Å²) in [6.45, 7) is -0.137. The Morgan fingerprint density at radius 1 is 1.12 bits per heavy atom. The number of ether oxygens (including phenoxy) is 1. The fourth-order valence-electron chi connectivity index (χ4n) is 3.86. The number of rotatable bonds is 7. The van der Waals surface area contributed by atoms with Gasteiger partial charge in [-0.15, -0.1) is 0 Å². The van der Waals surface area contributed by atoms with Gasteiger partial charge < -0.3 is 25.2 Å². The molecule has 0 radical (unpaired) electrons. The van der Waals surface area contributed by atoms with Crippen LogP contribution in [0.25, 0.3) is 11.1 Å². The molecule has 2 aromatic rings. The summed E-state index contributed by atoms with van der Waals surface area (Å²) in [6, 6.07) is 13.8. The minimum Gasteiger partial charge on any atom is -0.497 e. The Kier molecular flexibility index (Phi) is 5.63. The molecule has 0 spiro atoms. The van der Waals surface area contributed by atoms with Crippen LogP contribution < -0.4 is 4.74 Å². The Hall–Kier alpha value is -1.92. The van der Waals surface area contributed by atoms with Crippen molar-refractivity contribution < 1.29 is 25.2 Å². The van der Waals surface area contributed by atoms with Crippen LogP contribution in [0, 0.1) is 5.41 Å². The zero-order chi connectivity index (χ0) is 18.7. The van der Waals surface area contributed by atoms with Crippen molar-refractivity contribution in [3.63, 3.8) is 0 Å². The van der Waals surface area contributed by atoms with Crippen LogP contribution >= 0.6 is 0 Å². The number of hydrogen-bond acceptors (Lipinski definition) is 5. The average Bonchev–Trinajstić information content (AvgIpc) is 2.93. The van der Waals surface area contributed by atoms with E-state index in [-0.39, 0.29) is 13.0 Å². The minimum atomic E-state index is -1.35. The van der Waals surface area contributed by atoms with Crippen molar-refractivity contribution in [1.29, 1.82) is 0 Å². The highest BCUT2D eigenvalue weighted by Gasteiger charge is 2.44. The molecule has 0 aliphatic heterocycles. The van der Waals surface area contributed by atoms with E-state index in [1.54, 1.807) is 7.11 Å². The normalized spacial score (nSPS) is 21.8. The Labute approximate surface area is 153 Å². The fourth-order valence-corrected chi connectivity index (χ4v) is 3.86. The second-order valence-corrected chi connectivity index (χ2v) is 7.11. The standard InChI is InChI=1S/C21H26O5/c1-26-17-8-6-14(7-9-17)15-4-5-16-12-21(13-22,10-2-3-19(23)24)20(25)18(16)11-15/h4-9,11,19-20,22-25H,2-3,10,12-13H2,1H3. The Morgan fingerprint density at radius 3 is 2.42 bits per heavy atom. The highest BCUT2D eigenvalue weighted by molar-refractivity contribution is 5.66. The number of aliphatic hydroxyl groups excluding tert-OH is 3. The van der Waals surface area contributed by atoms with E-state index < -0.39 is 17.8 Å². The summed E-state index contributed by atoms with van der Waals surface area (Å²) in [4.78, 5) is 0. The van der Waals surface area contributed by atoms with Gasteiger partial charge in [0.25, 0.3) is 0 Å². The Bertz CT molecular complexity index is 741. The van der Waals surface area contributed by atoms with Crippen LogP contribution in [0.4, 0.5) is 0 Å². The number of benzene rings is 2. The molecule has 1 aliphatic rings. The van der Waals surface area contributed by atoms with Crippen molar-refractivity contribution in [3.8, 4) is 16.9 Å². The second kappa shape index (κ2) is 7.76. The van der Waals surface area contributed by atoms with Gasteiger partial charge in [0.2, 0.25) is 0 Å². The van der Waals surface area contributed by atoms with Crippen LogP contribution in [0.3, 0.4) is 0 Å². The molecule has 1 aliphatic carbocycles. The van der Waals surface area contributed by atoms with Crippen LogP contribution in [-0.4, -0.2) is 40.4 Å². The lowest BCUT2D eigenvalue weighted by atomic mass is 9.78. The highest BCUT2D eigenvalue weighted by atomic mass is 16.5. The average molecular weight is 358 g/mol. The van der Waals surface area contributed by atoms with Crippen molar-refractivity contribution >= 4 is 0 Å². The smallest absolute Gasteiger partial charge is 0.151 e. The number of aliphatic hydroxyl groups is 4. The van der Waals surface area contributed by atoms with Gasteiger partial charge in [-0.2, -0.15) is 0 Å². The van der Waals surface area contributed by atoms with Crippen LogP contribution in [0.1, 0.15) is 36.5 Å². The van der Waals surface area contributed by atoms with Crippen LogP contribution in [-0.2, 0) is 6.42 Å². The summed E-state index contributed by atoms with van der Waals surface area (Å²) in [5, 5.41) is 39.0. The summed E-state index contributed by atoms with van der Waals surface area (Å²) >= 11 is 0. The molecule has 0 heterocycles. The van der Waals surface area contributed by atoms with E-state index in [0.29, 0.717) is 19.3 Å². The summed E-state index contributed by atoms with van der Waals surface area (Å²) < 4.78 is 5.19. The lowest BCUT2D eigenvalue weighted by Gasteiger charge is -2.31. The molecule has 0 amide bonds. The molecular formula is C21H26O5. The molecule has 26 heavy (non-hydrogen) atoms. The molecule has 5 nitrogen and oxygen atoms in total. The molecule has 0 aromatic heterocycles. The first-order valence-corrected chi connectivity index (χ1v) is 8.91. The molecule has 4 N–H and O–H groups in total. The molecule has 3 rings (SSSR count). The Balaban J connectivity index is 1.84. The predicted octanol–water partition coefficient (Wildman–Crippen LogP) is 2.41. The van der Waals surface area contributed by atoms with E-state index in [0.717, 1.165) is 28.0 Å². The summed E-state index contributed by atoms with van der Waals surface area (Å²) in [5.74, 6) is 0.792. The van der Waals surface area contributed by atoms with Crippen molar-refractivity contribution in [3.05, 3.63) is 53.6 Å². The summed E-state index contributed by atoms with van der Waals surface area (Å²) in [5.41, 5.74) is 3.26. The lowest BCUT2D eigenvalue weighted by Crippen LogP contribution is -2.30. The molecule has 2 atom stereocenters. The van der Waals surface area contributed by atoms with Crippen molar-refractivity contribution in [1.82, 2.24) is 0 Å². The molecule has 140 valence electrons. The van der Waals surface area contributed by atoms with E-state index in [1.165, 1.54) is 0 Å². The quantitative estimate of drug-likeness (QED) is 0.571. The van der Waals surface area contributed by atoms with Gasteiger partial charge in [-0.25, -0.2) is 0 Å². The summed E-state index contributed by atoms with van der Waals surface area (Å²) in [7, 11) is 1.63. The van der Waals surface area contributed by atoms with Gasteiger partial charge in [-0.3, -0.25) is 0 Å². The van der Waals surface area contributed by atoms with Crippen LogP contribution in [0.5, 0.6) is 5.75 Å². The molecule has 2 aromatic carbocycles. The predicted molar refractivity (Wildman–Crippen MR) is 98.7 cm³/mol. The van der Waals surface area contributed by atoms with Gasteiger partial charge in [-0.1, -0.05) is 24.3 Å². The topological polar surface area (TPSA) is 90.2 Å². The number of fused-ring (bicyclic) bond motifs is 1. The minimum absolute atomic E-state index is 0.137. The fraction of sp³-hybridized carbons (Fsp3) is 0.429. The third kappa shape index (κ3) is 3.62. The van der Waals surface area contributed by atoms with Crippen LogP contribution in [0.2, 0.25) is 0 Å². The first-order chi connectivity index (χ1) is 12.5. The zero-order valence-corrected chi connectivity index (χ0v) is 14.9. The maximum atomic E-state index is 10.9. The monoisotopic (exact) mass is 358 g/mol. The number of methoxy groups -OCH3 is 1. The first-order valence-electron chi connectivity index (χ1n) is 8.91. The largest absolute Gasteiger partial charge is 0.497 e. The zero-order valence-electron chi connectivity index (χ0n) is 14.9. The maximum absolute atomic E-state index is 10.9. The van der Waals surface area contributed by atoms with Crippen LogP contribution in [0.15, 0.2) is 42.5 Å². The van der Waals surface area contributed by atoms with Gasteiger partial charge in [0.1, 0.15) is 5.75 Å². The number of hydrogen-bond donors (Lipinski definition) is 4. The highest BCUT2D eigenvalue weighted by Crippen LogP contribution is 2.49. The van der Waals surface area contributed by atoms with Gasteiger partial charge in [0.05, 0.1) is 19.8 Å². The molecule has 0 saturated heterocycles. The molecule has 5 heteroatoms. The van der Waals surface area contributed by atoms with Gasteiger partial charge in [0.15, 0.2) is 6.29 Å². The lowest BCUT2D eigenvalue weighted by molar-refractivity contribution is -0.0560. The molecule has 0 fully saturated rings. The van der Waals surface area contributed by atoms with Gasteiger partial charge in [-0.05, 0) is 66.1 Å². The summed E-state index contributed by atoms with van der Waals surface area (Å²) in [6.07, 6.45) is -0.222. The molecule has 0 saturated carbocycles. The van der Waals surface area contributed by atoms with E-state index >= 15 is 0 Å². The van der Waals surface area contributed by atoms with Crippen molar-refractivity contribution in [2.75, 3.05) is 13.7 Å². The first kappa shape index (κ1) is 18.9. The van der Waals surface area contributed by atoms with Crippen molar-refractivity contribution in [2.24, 2.45) is 5.41 Å². The van der Waals surface area contributed by atoms with Crippen molar-refractivity contribution in [2.45, 2.75) is 38.1 Å². The molecular weight excluding hydrogens is 332 g/mol.